The summed E-state index contributed by atoms with van der Waals surface area (Å²) in [6.45, 7) is 3.34. The molecule has 3 rings (SSSR count). The summed E-state index contributed by atoms with van der Waals surface area (Å²) >= 11 is 0. The lowest BCUT2D eigenvalue weighted by molar-refractivity contribution is -0.141. The number of nitrogens with one attached hydrogen (secondary N) is 1. The van der Waals surface area contributed by atoms with Gasteiger partial charge in [-0.1, -0.05) is 0 Å². The number of carboxylic acid groups (broad SMARTS) is 2. The highest BCUT2D eigenvalue weighted by Gasteiger charge is 2.37. The second-order valence-corrected chi connectivity index (χ2v) is 6.87. The van der Waals surface area contributed by atoms with Gasteiger partial charge in [0.15, 0.2) is 5.69 Å². The summed E-state index contributed by atoms with van der Waals surface area (Å²) in [6.07, 6.45) is 5.51. The quantitative estimate of drug-likeness (QED) is 0.773. The van der Waals surface area contributed by atoms with E-state index in [4.69, 9.17) is 5.11 Å². The number of rotatable bonds is 4. The largest absolute Gasteiger partial charge is 0.480 e. The molecule has 0 spiro atoms. The van der Waals surface area contributed by atoms with Crippen molar-refractivity contribution in [3.63, 3.8) is 0 Å². The highest BCUT2D eigenvalue weighted by atomic mass is 16.4. The lowest BCUT2D eigenvalue weighted by Crippen LogP contribution is -2.49. The van der Waals surface area contributed by atoms with Crippen molar-refractivity contribution < 1.29 is 19.8 Å². The fourth-order valence-electron chi connectivity index (χ4n) is 4.13. The molecule has 1 aromatic rings. The third kappa shape index (κ3) is 3.24. The first kappa shape index (κ1) is 16.0. The Labute approximate surface area is 134 Å². The Morgan fingerprint density at radius 2 is 2.09 bits per heavy atom. The zero-order valence-electron chi connectivity index (χ0n) is 13.2. The SMILES string of the molecule is Cc1c(C(=O)O)ncn1C[C@H]1CC[C@H]2CN[C@H](C(=O)O)C[C@H]2C1. The summed E-state index contributed by atoms with van der Waals surface area (Å²) in [5.41, 5.74) is 0.805. The molecule has 1 aliphatic carbocycles. The van der Waals surface area contributed by atoms with Gasteiger partial charge in [0.1, 0.15) is 6.04 Å². The number of hydrogen-bond acceptors (Lipinski definition) is 4. The minimum Gasteiger partial charge on any atom is -0.480 e. The Morgan fingerprint density at radius 1 is 1.30 bits per heavy atom. The molecule has 0 unspecified atom stereocenters. The normalized spacial score (nSPS) is 30.7. The third-order valence-corrected chi connectivity index (χ3v) is 5.47. The number of piperidine rings is 1. The number of aromatic carboxylic acids is 1. The predicted octanol–water partition coefficient (Wildman–Crippen LogP) is 1.37. The van der Waals surface area contributed by atoms with Crippen LogP contribution in [-0.2, 0) is 11.3 Å². The molecular formula is C16H23N3O4. The summed E-state index contributed by atoms with van der Waals surface area (Å²) in [6, 6.07) is -0.427. The van der Waals surface area contributed by atoms with Crippen LogP contribution in [0.25, 0.3) is 0 Å². The Hall–Kier alpha value is -1.89. The van der Waals surface area contributed by atoms with E-state index in [0.29, 0.717) is 29.9 Å². The van der Waals surface area contributed by atoms with Gasteiger partial charge in [-0.15, -0.1) is 0 Å². The minimum absolute atomic E-state index is 0.117. The molecule has 1 aromatic heterocycles. The van der Waals surface area contributed by atoms with Crippen LogP contribution in [0.5, 0.6) is 0 Å². The van der Waals surface area contributed by atoms with Crippen molar-refractivity contribution in [1.82, 2.24) is 14.9 Å². The number of imidazole rings is 1. The van der Waals surface area contributed by atoms with Crippen LogP contribution < -0.4 is 5.32 Å². The summed E-state index contributed by atoms with van der Waals surface area (Å²) < 4.78 is 1.92. The zero-order valence-corrected chi connectivity index (χ0v) is 13.2. The molecule has 2 heterocycles. The number of aliphatic carboxylic acids is 1. The van der Waals surface area contributed by atoms with Gasteiger partial charge < -0.3 is 20.1 Å². The number of hydrogen-bond donors (Lipinski definition) is 3. The minimum atomic E-state index is -0.993. The van der Waals surface area contributed by atoms with Crippen LogP contribution in [0.3, 0.4) is 0 Å². The van der Waals surface area contributed by atoms with E-state index in [1.54, 1.807) is 13.3 Å². The Morgan fingerprint density at radius 3 is 2.74 bits per heavy atom. The van der Waals surface area contributed by atoms with E-state index in [-0.39, 0.29) is 5.69 Å². The third-order valence-electron chi connectivity index (χ3n) is 5.47. The van der Waals surface area contributed by atoms with Crippen molar-refractivity contribution in [1.29, 1.82) is 0 Å². The average molecular weight is 321 g/mol. The molecule has 1 saturated carbocycles. The summed E-state index contributed by atoms with van der Waals surface area (Å²) in [5.74, 6) is -0.285. The zero-order chi connectivity index (χ0) is 16.6. The van der Waals surface area contributed by atoms with E-state index < -0.39 is 18.0 Å². The molecule has 3 N–H and O–H groups in total. The second kappa shape index (κ2) is 6.31. The van der Waals surface area contributed by atoms with Crippen molar-refractivity contribution in [2.45, 2.75) is 45.2 Å². The molecule has 0 aromatic carbocycles. The second-order valence-electron chi connectivity index (χ2n) is 6.87. The maximum atomic E-state index is 11.2. The predicted molar refractivity (Wildman–Crippen MR) is 82.3 cm³/mol. The first-order valence-electron chi connectivity index (χ1n) is 8.17. The van der Waals surface area contributed by atoms with Gasteiger partial charge in [0.2, 0.25) is 0 Å². The van der Waals surface area contributed by atoms with Gasteiger partial charge in [0, 0.05) is 12.2 Å². The van der Waals surface area contributed by atoms with E-state index in [1.165, 1.54) is 0 Å². The summed E-state index contributed by atoms with van der Waals surface area (Å²) in [5, 5.41) is 21.4. The van der Waals surface area contributed by atoms with Crippen LogP contribution in [-0.4, -0.2) is 44.3 Å². The van der Waals surface area contributed by atoms with Crippen LogP contribution in [0, 0.1) is 24.7 Å². The molecule has 1 saturated heterocycles. The molecule has 7 heteroatoms. The Balaban J connectivity index is 1.64. The van der Waals surface area contributed by atoms with E-state index >= 15 is 0 Å². The van der Waals surface area contributed by atoms with Gasteiger partial charge in [-0.25, -0.2) is 9.78 Å². The van der Waals surface area contributed by atoms with Gasteiger partial charge >= 0.3 is 11.9 Å². The standard InChI is InChI=1S/C16H23N3O4/c1-9-14(16(22)23)18-8-19(9)7-10-2-3-11-6-17-13(15(20)21)5-12(11)4-10/h8,10-13,17H,2-7H2,1H3,(H,20,21)(H,22,23)/t10-,11-,12+,13-/m0/s1. The molecule has 2 aliphatic rings. The van der Waals surface area contributed by atoms with Crippen molar-refractivity contribution >= 4 is 11.9 Å². The van der Waals surface area contributed by atoms with Crippen molar-refractivity contribution in [2.75, 3.05) is 6.54 Å². The number of carboxylic acids is 2. The summed E-state index contributed by atoms with van der Waals surface area (Å²) in [4.78, 5) is 26.2. The topological polar surface area (TPSA) is 104 Å². The molecule has 1 aliphatic heterocycles. The fourth-order valence-corrected chi connectivity index (χ4v) is 4.13. The molecule has 0 amide bonds. The average Bonchev–Trinajstić information content (AvgIpc) is 2.87. The number of nitrogens with zero attached hydrogens (tertiary/aromatic N) is 2. The smallest absolute Gasteiger partial charge is 0.356 e. The van der Waals surface area contributed by atoms with Gasteiger partial charge in [-0.3, -0.25) is 4.79 Å². The van der Waals surface area contributed by atoms with Gasteiger partial charge in [-0.05, 0) is 56.9 Å². The molecular weight excluding hydrogens is 298 g/mol. The van der Waals surface area contributed by atoms with Gasteiger partial charge in [-0.2, -0.15) is 0 Å². The number of aromatic nitrogens is 2. The molecule has 4 atom stereocenters. The fraction of sp³-hybridized carbons (Fsp3) is 0.688. The Kier molecular flexibility index (Phi) is 4.39. The van der Waals surface area contributed by atoms with Gasteiger partial charge in [0.05, 0.1) is 6.33 Å². The van der Waals surface area contributed by atoms with E-state index in [0.717, 1.165) is 32.4 Å². The first-order valence-corrected chi connectivity index (χ1v) is 8.17. The lowest BCUT2D eigenvalue weighted by atomic mass is 9.69. The molecule has 23 heavy (non-hydrogen) atoms. The molecule has 126 valence electrons. The van der Waals surface area contributed by atoms with Crippen LogP contribution >= 0.6 is 0 Å². The monoisotopic (exact) mass is 321 g/mol. The van der Waals surface area contributed by atoms with Crippen LogP contribution in [0.2, 0.25) is 0 Å². The van der Waals surface area contributed by atoms with Crippen LogP contribution in [0.1, 0.15) is 41.9 Å². The van der Waals surface area contributed by atoms with E-state index in [9.17, 15) is 14.7 Å². The van der Waals surface area contributed by atoms with Crippen molar-refractivity contribution in [2.24, 2.45) is 17.8 Å². The van der Waals surface area contributed by atoms with Crippen LogP contribution in [0.15, 0.2) is 6.33 Å². The van der Waals surface area contributed by atoms with E-state index in [1.807, 2.05) is 4.57 Å². The lowest BCUT2D eigenvalue weighted by Gasteiger charge is -2.41. The highest BCUT2D eigenvalue weighted by Crippen LogP contribution is 2.39. The number of fused-ring (bicyclic) bond motifs is 1. The molecule has 0 radical (unpaired) electrons. The van der Waals surface area contributed by atoms with Gasteiger partial charge in [0.25, 0.3) is 0 Å². The first-order chi connectivity index (χ1) is 11.0. The molecule has 0 bridgehead atoms. The maximum Gasteiger partial charge on any atom is 0.356 e. The van der Waals surface area contributed by atoms with Crippen LogP contribution in [0.4, 0.5) is 0 Å². The van der Waals surface area contributed by atoms with E-state index in [2.05, 4.69) is 10.3 Å². The summed E-state index contributed by atoms with van der Waals surface area (Å²) in [7, 11) is 0. The maximum absolute atomic E-state index is 11.2. The molecule has 2 fully saturated rings. The van der Waals surface area contributed by atoms with Crippen molar-refractivity contribution in [3.8, 4) is 0 Å². The molecule has 7 nitrogen and oxygen atoms in total. The van der Waals surface area contributed by atoms with Crippen molar-refractivity contribution in [3.05, 3.63) is 17.7 Å². The number of carbonyl (C=O) groups is 2. The Bertz CT molecular complexity index is 612. The highest BCUT2D eigenvalue weighted by molar-refractivity contribution is 5.86.